The van der Waals surface area contributed by atoms with Crippen LogP contribution < -0.4 is 0 Å². The number of rotatable bonds is 5. The van der Waals surface area contributed by atoms with Crippen molar-refractivity contribution in [3.8, 4) is 0 Å². The van der Waals surface area contributed by atoms with Gasteiger partial charge in [-0.1, -0.05) is 49.5 Å². The van der Waals surface area contributed by atoms with Crippen molar-refractivity contribution in [2.45, 2.75) is 58.9 Å². The highest BCUT2D eigenvalue weighted by Gasteiger charge is 2.27. The maximum absolute atomic E-state index is 3.63. The van der Waals surface area contributed by atoms with E-state index in [-0.39, 0.29) is 0 Å². The largest absolute Gasteiger partial charge is 0.300 e. The molecule has 1 fully saturated rings. The molecule has 0 aromatic carbocycles. The van der Waals surface area contributed by atoms with E-state index in [1.54, 1.807) is 0 Å². The molecule has 1 rings (SSSR count). The van der Waals surface area contributed by atoms with Crippen molar-refractivity contribution in [3.63, 3.8) is 0 Å². The molecule has 1 nitrogen and oxygen atoms in total. The third-order valence-corrected chi connectivity index (χ3v) is 4.88. The molecule has 1 unspecified atom stereocenters. The third kappa shape index (κ3) is 4.44. The molecule has 1 aliphatic heterocycles. The predicted molar refractivity (Wildman–Crippen MR) is 71.7 cm³/mol. The van der Waals surface area contributed by atoms with E-state index in [0.29, 0.717) is 5.41 Å². The number of piperidine rings is 1. The summed E-state index contributed by atoms with van der Waals surface area (Å²) < 4.78 is 0. The number of likely N-dealkylation sites (tertiary alicyclic amines) is 1. The Kier molecular flexibility index (Phi) is 5.62. The second-order valence-electron chi connectivity index (χ2n) is 5.71. The topological polar surface area (TPSA) is 3.24 Å². The van der Waals surface area contributed by atoms with Gasteiger partial charge in [0.05, 0.1) is 0 Å². The van der Waals surface area contributed by atoms with Gasteiger partial charge in [-0.05, 0) is 31.2 Å². The Morgan fingerprint density at radius 2 is 2.07 bits per heavy atom. The van der Waals surface area contributed by atoms with Gasteiger partial charge in [0.1, 0.15) is 0 Å². The lowest BCUT2D eigenvalue weighted by Crippen LogP contribution is -2.45. The van der Waals surface area contributed by atoms with Crippen molar-refractivity contribution in [2.24, 2.45) is 5.41 Å². The predicted octanol–water partition coefficient (Wildman–Crippen LogP) is 4.06. The van der Waals surface area contributed by atoms with Crippen LogP contribution in [0.2, 0.25) is 0 Å². The van der Waals surface area contributed by atoms with Gasteiger partial charge >= 0.3 is 0 Å². The highest BCUT2D eigenvalue weighted by atomic mass is 79.9. The fraction of sp³-hybridized carbons (Fsp3) is 1.00. The normalized spacial score (nSPS) is 24.4. The quantitative estimate of drug-likeness (QED) is 0.684. The number of halogens is 1. The molecule has 90 valence electrons. The Bertz CT molecular complexity index is 177. The number of nitrogens with zero attached hydrogens (tertiary/aromatic N) is 1. The summed E-state index contributed by atoms with van der Waals surface area (Å²) in [6, 6.07) is 0.863. The Labute approximate surface area is 104 Å². The smallest absolute Gasteiger partial charge is 0.00953 e. The lowest BCUT2D eigenvalue weighted by atomic mass is 9.91. The van der Waals surface area contributed by atoms with Crippen LogP contribution in [0, 0.1) is 5.41 Å². The van der Waals surface area contributed by atoms with E-state index in [0.717, 1.165) is 11.4 Å². The lowest BCUT2D eigenvalue weighted by Gasteiger charge is -2.40. The maximum Gasteiger partial charge on any atom is 0.00953 e. The van der Waals surface area contributed by atoms with Crippen LogP contribution in [0.3, 0.4) is 0 Å². The van der Waals surface area contributed by atoms with E-state index >= 15 is 0 Å². The van der Waals surface area contributed by atoms with E-state index in [1.807, 2.05) is 0 Å². The summed E-state index contributed by atoms with van der Waals surface area (Å²) in [6.45, 7) is 9.60. The molecule has 15 heavy (non-hydrogen) atoms. The van der Waals surface area contributed by atoms with E-state index in [2.05, 4.69) is 41.6 Å². The number of hydrogen-bond donors (Lipinski definition) is 0. The average Bonchev–Trinajstić information content (AvgIpc) is 2.21. The van der Waals surface area contributed by atoms with Crippen LogP contribution in [0.4, 0.5) is 0 Å². The molecule has 2 heteroatoms. The summed E-state index contributed by atoms with van der Waals surface area (Å²) in [5.41, 5.74) is 0.420. The SMILES string of the molecule is CCCC1CCCCN1CC(C)(C)CBr. The minimum Gasteiger partial charge on any atom is -0.300 e. The highest BCUT2D eigenvalue weighted by molar-refractivity contribution is 9.09. The lowest BCUT2D eigenvalue weighted by molar-refractivity contribution is 0.0991. The molecular weight excluding hydrogens is 250 g/mol. The highest BCUT2D eigenvalue weighted by Crippen LogP contribution is 2.27. The second-order valence-corrected chi connectivity index (χ2v) is 6.27. The first-order valence-corrected chi connectivity index (χ1v) is 7.51. The molecular formula is C13H26BrN. The zero-order valence-corrected chi connectivity index (χ0v) is 12.1. The average molecular weight is 276 g/mol. The summed E-state index contributed by atoms with van der Waals surface area (Å²) in [6.07, 6.45) is 6.98. The van der Waals surface area contributed by atoms with Crippen molar-refractivity contribution in [3.05, 3.63) is 0 Å². The summed E-state index contributed by atoms with van der Waals surface area (Å²) in [7, 11) is 0. The van der Waals surface area contributed by atoms with Crippen molar-refractivity contribution >= 4 is 15.9 Å². The molecule has 0 aromatic rings. The van der Waals surface area contributed by atoms with Gasteiger partial charge in [-0.2, -0.15) is 0 Å². The van der Waals surface area contributed by atoms with Crippen LogP contribution in [0.25, 0.3) is 0 Å². The van der Waals surface area contributed by atoms with Crippen molar-refractivity contribution in [1.82, 2.24) is 4.90 Å². The molecule has 1 atom stereocenters. The van der Waals surface area contributed by atoms with Crippen molar-refractivity contribution < 1.29 is 0 Å². The fourth-order valence-corrected chi connectivity index (χ4v) is 2.70. The Balaban J connectivity index is 2.48. The van der Waals surface area contributed by atoms with Crippen LogP contribution >= 0.6 is 15.9 Å². The van der Waals surface area contributed by atoms with Crippen LogP contribution in [-0.2, 0) is 0 Å². The molecule has 0 aromatic heterocycles. The first-order chi connectivity index (χ1) is 7.09. The minimum atomic E-state index is 0.420. The molecule has 0 radical (unpaired) electrons. The third-order valence-electron chi connectivity index (χ3n) is 3.36. The summed E-state index contributed by atoms with van der Waals surface area (Å²) >= 11 is 3.63. The van der Waals surface area contributed by atoms with Crippen LogP contribution in [0.15, 0.2) is 0 Å². The van der Waals surface area contributed by atoms with Gasteiger partial charge in [0.25, 0.3) is 0 Å². The van der Waals surface area contributed by atoms with E-state index in [4.69, 9.17) is 0 Å². The maximum atomic E-state index is 3.63. The van der Waals surface area contributed by atoms with Crippen molar-refractivity contribution in [2.75, 3.05) is 18.4 Å². The van der Waals surface area contributed by atoms with Gasteiger partial charge in [-0.25, -0.2) is 0 Å². The van der Waals surface area contributed by atoms with Gasteiger partial charge < -0.3 is 0 Å². The first-order valence-electron chi connectivity index (χ1n) is 6.39. The summed E-state index contributed by atoms with van der Waals surface area (Å²) in [4.78, 5) is 2.73. The van der Waals surface area contributed by atoms with E-state index in [9.17, 15) is 0 Å². The van der Waals surface area contributed by atoms with Crippen molar-refractivity contribution in [1.29, 1.82) is 0 Å². The van der Waals surface area contributed by atoms with Gasteiger partial charge in [0.15, 0.2) is 0 Å². The Morgan fingerprint density at radius 1 is 1.33 bits per heavy atom. The molecule has 1 aliphatic rings. The number of alkyl halides is 1. The van der Waals surface area contributed by atoms with Gasteiger partial charge in [0, 0.05) is 17.9 Å². The van der Waals surface area contributed by atoms with Gasteiger partial charge in [-0.15, -0.1) is 0 Å². The van der Waals surface area contributed by atoms with Crippen LogP contribution in [-0.4, -0.2) is 29.4 Å². The first kappa shape index (κ1) is 13.5. The van der Waals surface area contributed by atoms with E-state index < -0.39 is 0 Å². The summed E-state index contributed by atoms with van der Waals surface area (Å²) in [5, 5.41) is 1.11. The second kappa shape index (κ2) is 6.24. The molecule has 1 heterocycles. The molecule has 0 aliphatic carbocycles. The zero-order valence-electron chi connectivity index (χ0n) is 10.6. The zero-order chi connectivity index (χ0) is 11.3. The Hall–Kier alpha value is 0.440. The Morgan fingerprint density at radius 3 is 2.67 bits per heavy atom. The van der Waals surface area contributed by atoms with Crippen LogP contribution in [0.1, 0.15) is 52.9 Å². The number of hydrogen-bond acceptors (Lipinski definition) is 1. The van der Waals surface area contributed by atoms with Crippen LogP contribution in [0.5, 0.6) is 0 Å². The molecule has 0 saturated carbocycles. The molecule has 0 bridgehead atoms. The molecule has 0 spiro atoms. The van der Waals surface area contributed by atoms with Gasteiger partial charge in [-0.3, -0.25) is 4.90 Å². The minimum absolute atomic E-state index is 0.420. The molecule has 0 amide bonds. The summed E-state index contributed by atoms with van der Waals surface area (Å²) in [5.74, 6) is 0. The fourth-order valence-electron chi connectivity index (χ4n) is 2.52. The van der Waals surface area contributed by atoms with Gasteiger partial charge in [0.2, 0.25) is 0 Å². The standard InChI is InChI=1S/C13H26BrN/c1-4-7-12-8-5-6-9-15(12)11-13(2,3)10-14/h12H,4-11H2,1-3H3. The monoisotopic (exact) mass is 275 g/mol. The molecule has 0 N–H and O–H groups in total. The molecule has 1 saturated heterocycles. The van der Waals surface area contributed by atoms with E-state index in [1.165, 1.54) is 45.2 Å².